The highest BCUT2D eigenvalue weighted by atomic mass is 19.1. The van der Waals surface area contributed by atoms with Crippen LogP contribution >= 0.6 is 0 Å². The normalized spacial score (nSPS) is 17.3. The van der Waals surface area contributed by atoms with Gasteiger partial charge in [-0.05, 0) is 36.6 Å². The molecule has 3 aromatic rings. The topological polar surface area (TPSA) is 69.9 Å². The van der Waals surface area contributed by atoms with Gasteiger partial charge in [0.25, 0.3) is 0 Å². The standard InChI is InChI=1S/C18H18FN3O2/c19-13-4-1-3-12-14(5-2-8-24-17(12)13)20-10-11-6-7-15-16(9-11)22-18(23)21-15/h1,3-4,6-7,9,14,20H,2,5,8,10H2,(H2,21,22,23). The summed E-state index contributed by atoms with van der Waals surface area (Å²) in [5, 5.41) is 3.48. The van der Waals surface area contributed by atoms with Crippen LogP contribution in [0.25, 0.3) is 11.0 Å². The first-order chi connectivity index (χ1) is 11.7. The Morgan fingerprint density at radius 2 is 2.08 bits per heavy atom. The Hall–Kier alpha value is -2.60. The molecule has 0 fully saturated rings. The number of halogens is 1. The van der Waals surface area contributed by atoms with Crippen LogP contribution in [0.15, 0.2) is 41.2 Å². The minimum Gasteiger partial charge on any atom is -0.490 e. The van der Waals surface area contributed by atoms with Crippen molar-refractivity contribution in [2.45, 2.75) is 25.4 Å². The van der Waals surface area contributed by atoms with E-state index in [1.54, 1.807) is 6.07 Å². The monoisotopic (exact) mass is 327 g/mol. The maximum atomic E-state index is 14.0. The Morgan fingerprint density at radius 1 is 1.21 bits per heavy atom. The van der Waals surface area contributed by atoms with Crippen LogP contribution in [0.2, 0.25) is 0 Å². The first-order valence-corrected chi connectivity index (χ1v) is 8.06. The van der Waals surface area contributed by atoms with Gasteiger partial charge in [0.1, 0.15) is 0 Å². The molecule has 1 aliphatic rings. The molecule has 0 amide bonds. The zero-order valence-electron chi connectivity index (χ0n) is 13.1. The fourth-order valence-electron chi connectivity index (χ4n) is 3.21. The summed E-state index contributed by atoms with van der Waals surface area (Å²) in [6.07, 6.45) is 1.76. The first kappa shape index (κ1) is 15.0. The number of H-pyrrole nitrogens is 2. The summed E-state index contributed by atoms with van der Waals surface area (Å²) in [4.78, 5) is 16.8. The Kier molecular flexibility index (Phi) is 3.82. The van der Waals surface area contributed by atoms with Crippen molar-refractivity contribution in [3.05, 3.63) is 63.8 Å². The van der Waals surface area contributed by atoms with Gasteiger partial charge in [0.2, 0.25) is 0 Å². The summed E-state index contributed by atoms with van der Waals surface area (Å²) < 4.78 is 19.5. The van der Waals surface area contributed by atoms with Crippen LogP contribution in [-0.4, -0.2) is 16.6 Å². The lowest BCUT2D eigenvalue weighted by Gasteiger charge is -2.18. The van der Waals surface area contributed by atoms with Crippen molar-refractivity contribution < 1.29 is 9.13 Å². The Morgan fingerprint density at radius 3 is 3.00 bits per heavy atom. The van der Waals surface area contributed by atoms with Crippen LogP contribution in [0.4, 0.5) is 4.39 Å². The van der Waals surface area contributed by atoms with Gasteiger partial charge in [-0.1, -0.05) is 18.2 Å². The third kappa shape index (κ3) is 2.80. The van der Waals surface area contributed by atoms with Crippen LogP contribution in [0.5, 0.6) is 5.75 Å². The van der Waals surface area contributed by atoms with Crippen LogP contribution in [0.1, 0.15) is 30.0 Å². The number of aromatic amines is 2. The minimum absolute atomic E-state index is 0.0409. The third-order valence-corrected chi connectivity index (χ3v) is 4.39. The van der Waals surface area contributed by atoms with E-state index in [1.165, 1.54) is 6.07 Å². The molecule has 124 valence electrons. The maximum absolute atomic E-state index is 14.0. The SMILES string of the molecule is O=c1[nH]c2ccc(CNC3CCCOc4c(F)cccc43)cc2[nH]1. The lowest BCUT2D eigenvalue weighted by Crippen LogP contribution is -2.20. The number of imidazole rings is 1. The number of hydrogen-bond acceptors (Lipinski definition) is 3. The highest BCUT2D eigenvalue weighted by Gasteiger charge is 2.21. The molecule has 1 aliphatic heterocycles. The van der Waals surface area contributed by atoms with E-state index in [0.717, 1.165) is 35.0 Å². The van der Waals surface area contributed by atoms with Gasteiger partial charge in [0, 0.05) is 18.2 Å². The molecule has 0 spiro atoms. The van der Waals surface area contributed by atoms with Gasteiger partial charge in [0.15, 0.2) is 11.6 Å². The highest BCUT2D eigenvalue weighted by molar-refractivity contribution is 5.74. The molecule has 0 saturated heterocycles. The first-order valence-electron chi connectivity index (χ1n) is 8.06. The van der Waals surface area contributed by atoms with E-state index < -0.39 is 0 Å². The van der Waals surface area contributed by atoms with E-state index in [4.69, 9.17) is 4.74 Å². The number of fused-ring (bicyclic) bond motifs is 2. The molecule has 1 unspecified atom stereocenters. The number of hydrogen-bond donors (Lipinski definition) is 3. The number of nitrogens with one attached hydrogen (secondary N) is 3. The van der Waals surface area contributed by atoms with Gasteiger partial charge < -0.3 is 20.0 Å². The van der Waals surface area contributed by atoms with Gasteiger partial charge in [-0.15, -0.1) is 0 Å². The van der Waals surface area contributed by atoms with Crippen molar-refractivity contribution in [3.63, 3.8) is 0 Å². The average molecular weight is 327 g/mol. The molecule has 0 saturated carbocycles. The molecule has 3 N–H and O–H groups in total. The van der Waals surface area contributed by atoms with Crippen LogP contribution in [0.3, 0.4) is 0 Å². The summed E-state index contributed by atoms with van der Waals surface area (Å²) in [7, 11) is 0. The molecule has 2 aromatic carbocycles. The summed E-state index contributed by atoms with van der Waals surface area (Å²) in [5.74, 6) is 0.0467. The minimum atomic E-state index is -0.312. The van der Waals surface area contributed by atoms with E-state index in [9.17, 15) is 9.18 Å². The molecular weight excluding hydrogens is 309 g/mol. The fraction of sp³-hybridized carbons (Fsp3) is 0.278. The highest BCUT2D eigenvalue weighted by Crippen LogP contribution is 2.33. The van der Waals surface area contributed by atoms with E-state index >= 15 is 0 Å². The van der Waals surface area contributed by atoms with Gasteiger partial charge in [-0.25, -0.2) is 9.18 Å². The third-order valence-electron chi connectivity index (χ3n) is 4.39. The van der Waals surface area contributed by atoms with E-state index in [1.807, 2.05) is 24.3 Å². The summed E-state index contributed by atoms with van der Waals surface area (Å²) in [5.41, 5.74) is 3.29. The van der Waals surface area contributed by atoms with E-state index in [-0.39, 0.29) is 17.5 Å². The van der Waals surface area contributed by atoms with Crippen molar-refractivity contribution in [2.24, 2.45) is 0 Å². The van der Waals surface area contributed by atoms with Crippen LogP contribution in [0, 0.1) is 5.82 Å². The quantitative estimate of drug-likeness (QED) is 0.692. The number of ether oxygens (including phenoxy) is 1. The molecular formula is C18H18FN3O2. The van der Waals surface area contributed by atoms with E-state index in [2.05, 4.69) is 15.3 Å². The Balaban J connectivity index is 1.56. The molecule has 24 heavy (non-hydrogen) atoms. The molecule has 1 atom stereocenters. The van der Waals surface area contributed by atoms with Gasteiger partial charge in [-0.2, -0.15) is 0 Å². The number of para-hydroxylation sites is 1. The Labute approximate surface area is 137 Å². The zero-order valence-corrected chi connectivity index (χ0v) is 13.1. The predicted octanol–water partition coefficient (Wildman–Crippen LogP) is 3.00. The summed E-state index contributed by atoms with van der Waals surface area (Å²) in [6.45, 7) is 1.16. The zero-order chi connectivity index (χ0) is 16.5. The second-order valence-electron chi connectivity index (χ2n) is 6.04. The van der Waals surface area contributed by atoms with Crippen molar-refractivity contribution in [3.8, 4) is 5.75 Å². The second-order valence-corrected chi connectivity index (χ2v) is 6.04. The largest absolute Gasteiger partial charge is 0.490 e. The average Bonchev–Trinajstić information content (AvgIpc) is 2.81. The summed E-state index contributed by atoms with van der Waals surface area (Å²) >= 11 is 0. The molecule has 0 aliphatic carbocycles. The van der Waals surface area contributed by atoms with Gasteiger partial charge in [-0.3, -0.25) is 0 Å². The molecule has 2 heterocycles. The van der Waals surface area contributed by atoms with Crippen LogP contribution in [-0.2, 0) is 6.54 Å². The lowest BCUT2D eigenvalue weighted by molar-refractivity contribution is 0.300. The maximum Gasteiger partial charge on any atom is 0.323 e. The van der Waals surface area contributed by atoms with Gasteiger partial charge >= 0.3 is 5.69 Å². The molecule has 4 rings (SSSR count). The molecule has 5 nitrogen and oxygen atoms in total. The smallest absolute Gasteiger partial charge is 0.323 e. The number of aromatic nitrogens is 2. The van der Waals surface area contributed by atoms with Crippen molar-refractivity contribution in [1.29, 1.82) is 0 Å². The molecule has 6 heteroatoms. The van der Waals surface area contributed by atoms with Crippen LogP contribution < -0.4 is 15.7 Å². The van der Waals surface area contributed by atoms with Crippen molar-refractivity contribution in [1.82, 2.24) is 15.3 Å². The number of benzene rings is 2. The second kappa shape index (κ2) is 6.13. The predicted molar refractivity (Wildman–Crippen MR) is 89.6 cm³/mol. The lowest BCUT2D eigenvalue weighted by atomic mass is 10.0. The fourth-order valence-corrected chi connectivity index (χ4v) is 3.21. The number of rotatable bonds is 3. The van der Waals surface area contributed by atoms with Crippen molar-refractivity contribution >= 4 is 11.0 Å². The molecule has 0 bridgehead atoms. The van der Waals surface area contributed by atoms with Crippen molar-refractivity contribution in [2.75, 3.05) is 6.61 Å². The van der Waals surface area contributed by atoms with E-state index in [0.29, 0.717) is 18.9 Å². The van der Waals surface area contributed by atoms with Gasteiger partial charge in [0.05, 0.1) is 17.6 Å². The molecule has 0 radical (unpaired) electrons. The summed E-state index contributed by atoms with van der Waals surface area (Å²) in [6, 6.07) is 10.9. The Bertz CT molecular complexity index is 931. The molecule has 1 aromatic heterocycles.